The maximum absolute atomic E-state index is 6.74. The average Bonchev–Trinajstić information content (AvgIpc) is 2.66. The van der Waals surface area contributed by atoms with Crippen molar-refractivity contribution in [3.8, 4) is 0 Å². The number of likely N-dealkylation sites (N-methyl/N-ethyl adjacent to an activating group) is 1. The van der Waals surface area contributed by atoms with Gasteiger partial charge in [-0.2, -0.15) is 5.10 Å². The van der Waals surface area contributed by atoms with Crippen molar-refractivity contribution in [1.29, 1.82) is 0 Å². The standard InChI is InChI=1S/C17H32N4/c1-5-21-15(12-14(2)19-21)13-16(18)17(20(3)4)10-8-6-7-9-11-17/h12,16H,5-11,13,18H2,1-4H3. The monoisotopic (exact) mass is 292 g/mol. The van der Waals surface area contributed by atoms with E-state index in [1.165, 1.54) is 44.2 Å². The maximum Gasteiger partial charge on any atom is 0.0596 e. The van der Waals surface area contributed by atoms with Crippen molar-refractivity contribution >= 4 is 0 Å². The molecule has 4 heteroatoms. The van der Waals surface area contributed by atoms with E-state index in [2.05, 4.69) is 48.7 Å². The van der Waals surface area contributed by atoms with Crippen molar-refractivity contribution < 1.29 is 0 Å². The van der Waals surface area contributed by atoms with Crippen LogP contribution in [-0.4, -0.2) is 40.4 Å². The summed E-state index contributed by atoms with van der Waals surface area (Å²) in [6, 6.07) is 2.37. The number of rotatable bonds is 5. The van der Waals surface area contributed by atoms with E-state index in [1.807, 2.05) is 0 Å². The fourth-order valence-electron chi connectivity index (χ4n) is 3.94. The van der Waals surface area contributed by atoms with E-state index in [4.69, 9.17) is 5.73 Å². The van der Waals surface area contributed by atoms with E-state index in [0.29, 0.717) is 0 Å². The third-order valence-electron chi connectivity index (χ3n) is 5.26. The highest BCUT2D eigenvalue weighted by Crippen LogP contribution is 2.34. The fraction of sp³-hybridized carbons (Fsp3) is 0.824. The Morgan fingerprint density at radius 3 is 2.43 bits per heavy atom. The molecule has 4 nitrogen and oxygen atoms in total. The topological polar surface area (TPSA) is 47.1 Å². The summed E-state index contributed by atoms with van der Waals surface area (Å²) in [5, 5.41) is 4.56. The summed E-state index contributed by atoms with van der Waals surface area (Å²) in [4.78, 5) is 2.39. The number of nitrogens with zero attached hydrogens (tertiary/aromatic N) is 3. The zero-order valence-electron chi connectivity index (χ0n) is 14.2. The number of hydrogen-bond donors (Lipinski definition) is 1. The van der Waals surface area contributed by atoms with Crippen molar-refractivity contribution in [2.75, 3.05) is 14.1 Å². The normalized spacial score (nSPS) is 20.5. The van der Waals surface area contributed by atoms with Gasteiger partial charge in [-0.15, -0.1) is 0 Å². The van der Waals surface area contributed by atoms with Crippen LogP contribution in [0.5, 0.6) is 0 Å². The molecule has 1 aliphatic carbocycles. The molecule has 1 aromatic rings. The lowest BCUT2D eigenvalue weighted by atomic mass is 9.79. The van der Waals surface area contributed by atoms with Gasteiger partial charge in [0, 0.05) is 30.2 Å². The van der Waals surface area contributed by atoms with Crippen LogP contribution in [0.15, 0.2) is 6.07 Å². The molecule has 21 heavy (non-hydrogen) atoms. The van der Waals surface area contributed by atoms with Gasteiger partial charge in [0.2, 0.25) is 0 Å². The summed E-state index contributed by atoms with van der Waals surface area (Å²) >= 11 is 0. The maximum atomic E-state index is 6.74. The van der Waals surface area contributed by atoms with Crippen LogP contribution in [0.3, 0.4) is 0 Å². The second-order valence-electron chi connectivity index (χ2n) is 6.82. The van der Waals surface area contributed by atoms with Gasteiger partial charge in [0.05, 0.1) is 5.69 Å². The third kappa shape index (κ3) is 3.49. The van der Waals surface area contributed by atoms with Gasteiger partial charge in [-0.05, 0) is 46.9 Å². The molecule has 0 radical (unpaired) electrons. The molecule has 1 saturated carbocycles. The number of hydrogen-bond acceptors (Lipinski definition) is 3. The number of aromatic nitrogens is 2. The van der Waals surface area contributed by atoms with Crippen molar-refractivity contribution in [3.05, 3.63) is 17.5 Å². The van der Waals surface area contributed by atoms with Crippen LogP contribution in [0.4, 0.5) is 0 Å². The van der Waals surface area contributed by atoms with E-state index in [0.717, 1.165) is 18.7 Å². The number of aryl methyl sites for hydroxylation is 2. The van der Waals surface area contributed by atoms with Gasteiger partial charge >= 0.3 is 0 Å². The Kier molecular flexibility index (Phi) is 5.44. The molecule has 0 saturated heterocycles. The summed E-state index contributed by atoms with van der Waals surface area (Å²) in [5.74, 6) is 0. The Hall–Kier alpha value is -0.870. The molecule has 2 N–H and O–H groups in total. The Balaban J connectivity index is 2.20. The lowest BCUT2D eigenvalue weighted by Crippen LogP contribution is -2.58. The van der Waals surface area contributed by atoms with Crippen LogP contribution < -0.4 is 5.73 Å². The highest BCUT2D eigenvalue weighted by molar-refractivity contribution is 5.13. The van der Waals surface area contributed by atoms with Crippen molar-refractivity contribution in [2.24, 2.45) is 5.73 Å². The highest BCUT2D eigenvalue weighted by Gasteiger charge is 2.39. The van der Waals surface area contributed by atoms with E-state index in [1.54, 1.807) is 0 Å². The summed E-state index contributed by atoms with van der Waals surface area (Å²) in [6.45, 7) is 5.13. The Labute approximate surface area is 129 Å². The van der Waals surface area contributed by atoms with Gasteiger partial charge in [-0.1, -0.05) is 25.7 Å². The smallest absolute Gasteiger partial charge is 0.0596 e. The molecule has 0 bridgehead atoms. The first kappa shape index (κ1) is 16.5. The quantitative estimate of drug-likeness (QED) is 0.849. The Morgan fingerprint density at radius 2 is 1.90 bits per heavy atom. The predicted molar refractivity (Wildman–Crippen MR) is 88.4 cm³/mol. The van der Waals surface area contributed by atoms with Gasteiger partial charge < -0.3 is 10.6 Å². The zero-order chi connectivity index (χ0) is 15.5. The molecular formula is C17H32N4. The van der Waals surface area contributed by atoms with Crippen LogP contribution in [0, 0.1) is 6.92 Å². The first-order valence-electron chi connectivity index (χ1n) is 8.46. The molecule has 1 unspecified atom stereocenters. The number of nitrogens with two attached hydrogens (primary N) is 1. The molecule has 1 aliphatic rings. The van der Waals surface area contributed by atoms with Crippen molar-refractivity contribution in [2.45, 2.75) is 76.9 Å². The lowest BCUT2D eigenvalue weighted by Gasteiger charge is -2.44. The highest BCUT2D eigenvalue weighted by atomic mass is 15.3. The summed E-state index contributed by atoms with van der Waals surface area (Å²) in [5.41, 5.74) is 9.26. The first-order chi connectivity index (χ1) is 9.99. The third-order valence-corrected chi connectivity index (χ3v) is 5.26. The van der Waals surface area contributed by atoms with Crippen LogP contribution in [-0.2, 0) is 13.0 Å². The van der Waals surface area contributed by atoms with Crippen molar-refractivity contribution in [1.82, 2.24) is 14.7 Å². The van der Waals surface area contributed by atoms with Gasteiger partial charge in [-0.3, -0.25) is 4.68 Å². The fourth-order valence-corrected chi connectivity index (χ4v) is 3.94. The minimum absolute atomic E-state index is 0.146. The molecular weight excluding hydrogens is 260 g/mol. The molecule has 1 fully saturated rings. The second kappa shape index (κ2) is 6.93. The zero-order valence-corrected chi connectivity index (χ0v) is 14.2. The largest absolute Gasteiger partial charge is 0.326 e. The molecule has 0 spiro atoms. The summed E-state index contributed by atoms with van der Waals surface area (Å²) in [6.07, 6.45) is 8.69. The molecule has 1 aromatic heterocycles. The molecule has 0 amide bonds. The van der Waals surface area contributed by atoms with Gasteiger partial charge in [-0.25, -0.2) is 0 Å². The van der Waals surface area contributed by atoms with E-state index in [-0.39, 0.29) is 11.6 Å². The van der Waals surface area contributed by atoms with E-state index in [9.17, 15) is 0 Å². The van der Waals surface area contributed by atoms with Crippen LogP contribution in [0.25, 0.3) is 0 Å². The van der Waals surface area contributed by atoms with Gasteiger partial charge in [0.15, 0.2) is 0 Å². The minimum Gasteiger partial charge on any atom is -0.326 e. The molecule has 1 heterocycles. The average molecular weight is 292 g/mol. The van der Waals surface area contributed by atoms with E-state index < -0.39 is 0 Å². The van der Waals surface area contributed by atoms with Gasteiger partial charge in [0.25, 0.3) is 0 Å². The Morgan fingerprint density at radius 1 is 1.29 bits per heavy atom. The van der Waals surface area contributed by atoms with Crippen LogP contribution in [0.1, 0.15) is 56.8 Å². The van der Waals surface area contributed by atoms with Gasteiger partial charge in [0.1, 0.15) is 0 Å². The van der Waals surface area contributed by atoms with Crippen molar-refractivity contribution in [3.63, 3.8) is 0 Å². The Bertz CT molecular complexity index is 442. The van der Waals surface area contributed by atoms with Crippen LogP contribution in [0.2, 0.25) is 0 Å². The molecule has 0 aromatic carbocycles. The molecule has 2 rings (SSSR count). The summed E-state index contributed by atoms with van der Waals surface area (Å²) < 4.78 is 2.11. The first-order valence-corrected chi connectivity index (χ1v) is 8.46. The minimum atomic E-state index is 0.146. The molecule has 120 valence electrons. The SMILES string of the molecule is CCn1nc(C)cc1CC(N)C1(N(C)C)CCCCCC1. The van der Waals surface area contributed by atoms with Crippen LogP contribution >= 0.6 is 0 Å². The van der Waals surface area contributed by atoms with E-state index >= 15 is 0 Å². The predicted octanol–water partition coefficient (Wildman–Crippen LogP) is 2.74. The second-order valence-corrected chi connectivity index (χ2v) is 6.82. The molecule has 0 aliphatic heterocycles. The molecule has 1 atom stereocenters. The lowest BCUT2D eigenvalue weighted by molar-refractivity contribution is 0.0959. The summed E-state index contributed by atoms with van der Waals surface area (Å²) in [7, 11) is 4.40.